The molecule has 2 N–H and O–H groups in total. The van der Waals surface area contributed by atoms with Gasteiger partial charge in [-0.3, -0.25) is 9.20 Å². The first-order valence-corrected chi connectivity index (χ1v) is 8.58. The molecule has 0 bridgehead atoms. The highest BCUT2D eigenvalue weighted by Gasteiger charge is 2.43. The largest absolute Gasteiger partial charge is 0.479 e. The third kappa shape index (κ3) is 3.40. The van der Waals surface area contributed by atoms with Crippen LogP contribution in [-0.2, 0) is 10.3 Å². The lowest BCUT2D eigenvalue weighted by atomic mass is 9.82. The van der Waals surface area contributed by atoms with Crippen molar-refractivity contribution in [1.82, 2.24) is 14.7 Å². The lowest BCUT2D eigenvalue weighted by Gasteiger charge is -2.32. The van der Waals surface area contributed by atoms with Crippen LogP contribution < -0.4 is 5.32 Å². The van der Waals surface area contributed by atoms with E-state index in [2.05, 4.69) is 10.3 Å². The zero-order valence-corrected chi connectivity index (χ0v) is 15.0. The molecule has 3 rings (SSSR count). The van der Waals surface area contributed by atoms with E-state index in [9.17, 15) is 19.1 Å². The summed E-state index contributed by atoms with van der Waals surface area (Å²) in [5.41, 5.74) is -1.01. The van der Waals surface area contributed by atoms with Gasteiger partial charge >= 0.3 is 5.97 Å². The Bertz CT molecular complexity index is 985. The molecule has 0 fully saturated rings. The van der Waals surface area contributed by atoms with Crippen molar-refractivity contribution in [2.75, 3.05) is 0 Å². The maximum atomic E-state index is 13.9. The number of nitrogens with zero attached hydrogens (tertiary/aromatic N) is 2. The van der Waals surface area contributed by atoms with Crippen molar-refractivity contribution >= 4 is 17.4 Å². The molecule has 2 heterocycles. The molecule has 6 nitrogen and oxygen atoms in total. The van der Waals surface area contributed by atoms with Crippen molar-refractivity contribution in [3.63, 3.8) is 0 Å². The first-order chi connectivity index (χ1) is 12.8. The Labute approximate surface area is 155 Å². The Kier molecular flexibility index (Phi) is 4.94. The first kappa shape index (κ1) is 18.6. The summed E-state index contributed by atoms with van der Waals surface area (Å²) >= 11 is 0. The monoisotopic (exact) mass is 369 g/mol. The van der Waals surface area contributed by atoms with E-state index in [1.54, 1.807) is 30.3 Å². The Hall–Kier alpha value is -3.22. The summed E-state index contributed by atoms with van der Waals surface area (Å²) in [6.07, 6.45) is 2.95. The molecule has 27 heavy (non-hydrogen) atoms. The van der Waals surface area contributed by atoms with Gasteiger partial charge in [-0.25, -0.2) is 14.2 Å². The molecule has 1 amide bonds. The van der Waals surface area contributed by atoms with Crippen LogP contribution in [0.5, 0.6) is 0 Å². The van der Waals surface area contributed by atoms with E-state index in [0.29, 0.717) is 5.56 Å². The number of carbonyl (C=O) groups is 2. The molecule has 0 spiro atoms. The predicted molar refractivity (Wildman–Crippen MR) is 97.8 cm³/mol. The number of amides is 1. The molecule has 0 aliphatic rings. The second-order valence-electron chi connectivity index (χ2n) is 6.82. The number of aliphatic carboxylic acids is 1. The number of carbonyl (C=O) groups excluding carboxylic acids is 1. The van der Waals surface area contributed by atoms with Crippen LogP contribution in [-0.4, -0.2) is 26.4 Å². The number of halogens is 1. The summed E-state index contributed by atoms with van der Waals surface area (Å²) in [5.74, 6) is -2.44. The van der Waals surface area contributed by atoms with Gasteiger partial charge in [0.2, 0.25) is 5.82 Å². The van der Waals surface area contributed by atoms with E-state index in [1.807, 2.05) is 13.8 Å². The molecular formula is C20H20FN3O3. The molecule has 1 aromatic carbocycles. The zero-order valence-electron chi connectivity index (χ0n) is 15.0. The number of hydrogen-bond acceptors (Lipinski definition) is 3. The van der Waals surface area contributed by atoms with Crippen LogP contribution in [0.15, 0.2) is 54.9 Å². The maximum absolute atomic E-state index is 13.9. The molecule has 1 unspecified atom stereocenters. The first-order valence-electron chi connectivity index (χ1n) is 8.58. The van der Waals surface area contributed by atoms with E-state index in [4.69, 9.17) is 0 Å². The van der Waals surface area contributed by atoms with Gasteiger partial charge < -0.3 is 10.4 Å². The van der Waals surface area contributed by atoms with E-state index >= 15 is 0 Å². The Balaban J connectivity index is 2.06. The number of hydrogen-bond donors (Lipinski definition) is 2. The SMILES string of the molecule is CC(C)CC(NC(=O)c1ncc2c(F)cccn12)(C(=O)O)c1ccccc1. The number of nitrogens with one attached hydrogen (secondary N) is 1. The highest BCUT2D eigenvalue weighted by Crippen LogP contribution is 2.30. The molecule has 2 aromatic heterocycles. The van der Waals surface area contributed by atoms with Gasteiger partial charge in [0.15, 0.2) is 5.54 Å². The minimum atomic E-state index is -1.62. The third-order valence-electron chi connectivity index (χ3n) is 4.40. The highest BCUT2D eigenvalue weighted by molar-refractivity contribution is 5.96. The fourth-order valence-electron chi connectivity index (χ4n) is 3.25. The summed E-state index contributed by atoms with van der Waals surface area (Å²) in [5, 5.41) is 12.7. The second kappa shape index (κ2) is 7.19. The molecule has 0 radical (unpaired) electrons. The van der Waals surface area contributed by atoms with Crippen molar-refractivity contribution in [2.24, 2.45) is 5.92 Å². The van der Waals surface area contributed by atoms with Crippen LogP contribution in [0.2, 0.25) is 0 Å². The average Bonchev–Trinajstić information content (AvgIpc) is 3.07. The van der Waals surface area contributed by atoms with Crippen molar-refractivity contribution in [2.45, 2.75) is 25.8 Å². The van der Waals surface area contributed by atoms with Crippen molar-refractivity contribution in [1.29, 1.82) is 0 Å². The van der Waals surface area contributed by atoms with Crippen LogP contribution in [0.4, 0.5) is 4.39 Å². The molecule has 7 heteroatoms. The van der Waals surface area contributed by atoms with E-state index in [1.165, 1.54) is 28.9 Å². The Morgan fingerprint density at radius 3 is 2.56 bits per heavy atom. The van der Waals surface area contributed by atoms with Gasteiger partial charge in [-0.05, 0) is 30.0 Å². The van der Waals surface area contributed by atoms with Crippen LogP contribution in [0.1, 0.15) is 36.5 Å². The lowest BCUT2D eigenvalue weighted by molar-refractivity contribution is -0.145. The number of imidazole rings is 1. The van der Waals surface area contributed by atoms with Gasteiger partial charge in [0.05, 0.1) is 6.20 Å². The summed E-state index contributed by atoms with van der Waals surface area (Å²) < 4.78 is 15.2. The van der Waals surface area contributed by atoms with Crippen molar-refractivity contribution in [3.05, 3.63) is 72.1 Å². The maximum Gasteiger partial charge on any atom is 0.334 e. The predicted octanol–water partition coefficient (Wildman–Crippen LogP) is 3.23. The summed E-state index contributed by atoms with van der Waals surface area (Å²) in [6.45, 7) is 3.76. The molecule has 140 valence electrons. The fraction of sp³-hybridized carbons (Fsp3) is 0.250. The minimum Gasteiger partial charge on any atom is -0.479 e. The minimum absolute atomic E-state index is 0.00364. The summed E-state index contributed by atoms with van der Waals surface area (Å²) in [7, 11) is 0. The van der Waals surface area contributed by atoms with Crippen LogP contribution >= 0.6 is 0 Å². The van der Waals surface area contributed by atoms with E-state index < -0.39 is 23.2 Å². The molecular weight excluding hydrogens is 349 g/mol. The quantitative estimate of drug-likeness (QED) is 0.699. The smallest absolute Gasteiger partial charge is 0.334 e. The Morgan fingerprint density at radius 1 is 1.22 bits per heavy atom. The molecule has 0 aliphatic carbocycles. The fourth-order valence-corrected chi connectivity index (χ4v) is 3.25. The van der Waals surface area contributed by atoms with Gasteiger partial charge in [-0.1, -0.05) is 44.2 Å². The summed E-state index contributed by atoms with van der Waals surface area (Å²) in [6, 6.07) is 11.3. The van der Waals surface area contributed by atoms with Crippen molar-refractivity contribution < 1.29 is 19.1 Å². The molecule has 3 aromatic rings. The standard InChI is InChI=1S/C20H20FN3O3/c1-13(2)11-20(19(26)27,14-7-4-3-5-8-14)23-18(25)17-22-12-16-15(21)9-6-10-24(16)17/h3-10,12-13H,11H2,1-2H3,(H,23,25)(H,26,27). The zero-order chi connectivity index (χ0) is 19.6. The van der Waals surface area contributed by atoms with E-state index in [-0.39, 0.29) is 23.7 Å². The highest BCUT2D eigenvalue weighted by atomic mass is 19.1. The second-order valence-corrected chi connectivity index (χ2v) is 6.82. The molecule has 0 aliphatic heterocycles. The van der Waals surface area contributed by atoms with E-state index in [0.717, 1.165) is 0 Å². The molecule has 1 atom stereocenters. The number of carboxylic acids is 1. The molecule has 0 saturated heterocycles. The Morgan fingerprint density at radius 2 is 1.93 bits per heavy atom. The number of pyridine rings is 1. The third-order valence-corrected chi connectivity index (χ3v) is 4.40. The molecule has 0 saturated carbocycles. The van der Waals surface area contributed by atoms with Crippen LogP contribution in [0.25, 0.3) is 5.52 Å². The topological polar surface area (TPSA) is 83.7 Å². The number of carboxylic acid groups (broad SMARTS) is 1. The van der Waals surface area contributed by atoms with Crippen LogP contribution in [0, 0.1) is 11.7 Å². The van der Waals surface area contributed by atoms with Gasteiger partial charge in [0.25, 0.3) is 5.91 Å². The summed E-state index contributed by atoms with van der Waals surface area (Å²) in [4.78, 5) is 29.2. The average molecular weight is 369 g/mol. The number of aromatic nitrogens is 2. The lowest BCUT2D eigenvalue weighted by Crippen LogP contribution is -2.53. The van der Waals surface area contributed by atoms with Gasteiger partial charge in [0.1, 0.15) is 11.3 Å². The van der Waals surface area contributed by atoms with Gasteiger partial charge in [0, 0.05) is 6.20 Å². The van der Waals surface area contributed by atoms with Crippen molar-refractivity contribution in [3.8, 4) is 0 Å². The van der Waals surface area contributed by atoms with Gasteiger partial charge in [-0.2, -0.15) is 0 Å². The normalized spacial score (nSPS) is 13.5. The van der Waals surface area contributed by atoms with Crippen LogP contribution in [0.3, 0.4) is 0 Å². The number of rotatable bonds is 6. The van der Waals surface area contributed by atoms with Gasteiger partial charge in [-0.15, -0.1) is 0 Å². The number of benzene rings is 1. The number of fused-ring (bicyclic) bond motifs is 1.